The first-order chi connectivity index (χ1) is 15.0. The van der Waals surface area contributed by atoms with Crippen molar-refractivity contribution in [1.82, 2.24) is 10.2 Å². The minimum Gasteiger partial charge on any atom is -0.352 e. The molecule has 7 heteroatoms. The van der Waals surface area contributed by atoms with Gasteiger partial charge in [-0.05, 0) is 61.2 Å². The van der Waals surface area contributed by atoms with Gasteiger partial charge in [0, 0.05) is 22.5 Å². The zero-order valence-corrected chi connectivity index (χ0v) is 19.2. The maximum absolute atomic E-state index is 13.3. The first-order valence-corrected chi connectivity index (χ1v) is 12.0. The van der Waals surface area contributed by atoms with Crippen LogP contribution in [0.2, 0.25) is 5.02 Å². The predicted molar refractivity (Wildman–Crippen MR) is 124 cm³/mol. The van der Waals surface area contributed by atoms with Gasteiger partial charge in [-0.3, -0.25) is 9.59 Å². The highest BCUT2D eigenvalue weighted by atomic mass is 35.5. The van der Waals surface area contributed by atoms with E-state index in [4.69, 9.17) is 11.6 Å². The average molecular weight is 463 g/mol. The highest BCUT2D eigenvalue weighted by molar-refractivity contribution is 8.00. The summed E-state index contributed by atoms with van der Waals surface area (Å²) in [6.07, 6.45) is 4.73. The van der Waals surface area contributed by atoms with Crippen LogP contribution in [0.1, 0.15) is 44.6 Å². The number of hydrogen-bond donors (Lipinski definition) is 1. The van der Waals surface area contributed by atoms with E-state index in [1.54, 1.807) is 29.2 Å². The van der Waals surface area contributed by atoms with Crippen molar-refractivity contribution in [3.8, 4) is 0 Å². The summed E-state index contributed by atoms with van der Waals surface area (Å²) in [6, 6.07) is 13.0. The number of rotatable bonds is 9. The summed E-state index contributed by atoms with van der Waals surface area (Å²) in [6.45, 7) is 2.17. The van der Waals surface area contributed by atoms with Gasteiger partial charge in [-0.15, -0.1) is 11.8 Å². The van der Waals surface area contributed by atoms with E-state index in [0.29, 0.717) is 11.4 Å². The van der Waals surface area contributed by atoms with Crippen molar-refractivity contribution in [2.45, 2.75) is 62.6 Å². The van der Waals surface area contributed by atoms with Gasteiger partial charge in [0.1, 0.15) is 11.9 Å². The van der Waals surface area contributed by atoms with Crippen LogP contribution in [0.15, 0.2) is 53.4 Å². The zero-order chi connectivity index (χ0) is 22.2. The van der Waals surface area contributed by atoms with Gasteiger partial charge in [-0.1, -0.05) is 43.5 Å². The molecule has 2 amide bonds. The fraction of sp³-hybridized carbons (Fsp3) is 0.417. The lowest BCUT2D eigenvalue weighted by atomic mass is 10.1. The van der Waals surface area contributed by atoms with Crippen LogP contribution in [-0.4, -0.2) is 34.6 Å². The van der Waals surface area contributed by atoms with E-state index in [9.17, 15) is 14.0 Å². The minimum absolute atomic E-state index is 0.110. The number of thioether (sulfide) groups is 1. The van der Waals surface area contributed by atoms with Gasteiger partial charge >= 0.3 is 0 Å². The molecule has 1 fully saturated rings. The smallest absolute Gasteiger partial charge is 0.243 e. The number of benzene rings is 2. The maximum atomic E-state index is 13.3. The lowest BCUT2D eigenvalue weighted by Gasteiger charge is -2.31. The Morgan fingerprint density at radius 3 is 2.39 bits per heavy atom. The van der Waals surface area contributed by atoms with Crippen LogP contribution in [0, 0.1) is 5.82 Å². The van der Waals surface area contributed by atoms with E-state index in [0.717, 1.165) is 36.1 Å². The molecule has 1 N–H and O–H groups in total. The normalized spacial score (nSPS) is 14.9. The van der Waals surface area contributed by atoms with E-state index in [1.165, 1.54) is 23.9 Å². The molecular formula is C24H28ClFN2O2S. The third-order valence-corrected chi connectivity index (χ3v) is 6.78. The van der Waals surface area contributed by atoms with Crippen LogP contribution in [0.4, 0.5) is 4.39 Å². The summed E-state index contributed by atoms with van der Waals surface area (Å²) in [5, 5.41) is 3.77. The van der Waals surface area contributed by atoms with Crippen molar-refractivity contribution >= 4 is 35.2 Å². The molecule has 166 valence electrons. The molecule has 0 saturated heterocycles. The SMILES string of the molecule is CCC(C(=O)NC1CCCC1)N(Cc1ccc(F)cc1)C(=O)CSc1ccc(Cl)cc1. The Morgan fingerprint density at radius 1 is 1.13 bits per heavy atom. The second kappa shape index (κ2) is 11.5. The van der Waals surface area contributed by atoms with Gasteiger partial charge in [0.15, 0.2) is 0 Å². The Hall–Kier alpha value is -2.05. The summed E-state index contributed by atoms with van der Waals surface area (Å²) in [5.74, 6) is -0.360. The van der Waals surface area contributed by atoms with Gasteiger partial charge in [0.05, 0.1) is 5.75 Å². The molecule has 1 saturated carbocycles. The summed E-state index contributed by atoms with van der Waals surface area (Å²) in [4.78, 5) is 28.8. The van der Waals surface area contributed by atoms with Crippen molar-refractivity contribution in [1.29, 1.82) is 0 Å². The molecule has 1 aliphatic carbocycles. The summed E-state index contributed by atoms with van der Waals surface area (Å²) < 4.78 is 13.3. The van der Waals surface area contributed by atoms with E-state index in [2.05, 4.69) is 5.32 Å². The summed E-state index contributed by atoms with van der Waals surface area (Å²) in [7, 11) is 0. The van der Waals surface area contributed by atoms with Crippen molar-refractivity contribution < 1.29 is 14.0 Å². The van der Waals surface area contributed by atoms with Crippen molar-refractivity contribution in [2.24, 2.45) is 0 Å². The van der Waals surface area contributed by atoms with Crippen LogP contribution in [0.5, 0.6) is 0 Å². The fourth-order valence-electron chi connectivity index (χ4n) is 3.83. The van der Waals surface area contributed by atoms with Crippen LogP contribution in [0.3, 0.4) is 0 Å². The number of carbonyl (C=O) groups is 2. The van der Waals surface area contributed by atoms with Gasteiger partial charge in [0.2, 0.25) is 11.8 Å². The van der Waals surface area contributed by atoms with Gasteiger partial charge in [-0.2, -0.15) is 0 Å². The molecule has 1 unspecified atom stereocenters. The minimum atomic E-state index is -0.566. The molecule has 1 aliphatic rings. The molecule has 0 spiro atoms. The molecule has 3 rings (SSSR count). The number of halogens is 2. The summed E-state index contributed by atoms with van der Waals surface area (Å²) in [5.41, 5.74) is 0.790. The highest BCUT2D eigenvalue weighted by Crippen LogP contribution is 2.23. The molecular weight excluding hydrogens is 435 g/mol. The topological polar surface area (TPSA) is 49.4 Å². The number of amides is 2. The number of hydrogen-bond acceptors (Lipinski definition) is 3. The third-order valence-electron chi connectivity index (χ3n) is 5.53. The van der Waals surface area contributed by atoms with Crippen LogP contribution < -0.4 is 5.32 Å². The Labute approximate surface area is 192 Å². The Kier molecular flexibility index (Phi) is 8.79. The Bertz CT molecular complexity index is 870. The molecule has 0 aromatic heterocycles. The van der Waals surface area contributed by atoms with Gasteiger partial charge in [0.25, 0.3) is 0 Å². The van der Waals surface area contributed by atoms with Crippen LogP contribution >= 0.6 is 23.4 Å². The Balaban J connectivity index is 1.74. The monoisotopic (exact) mass is 462 g/mol. The van der Waals surface area contributed by atoms with Crippen molar-refractivity contribution in [2.75, 3.05) is 5.75 Å². The van der Waals surface area contributed by atoms with Crippen LogP contribution in [0.25, 0.3) is 0 Å². The van der Waals surface area contributed by atoms with E-state index in [1.807, 2.05) is 19.1 Å². The maximum Gasteiger partial charge on any atom is 0.243 e. The van der Waals surface area contributed by atoms with E-state index < -0.39 is 6.04 Å². The third kappa shape index (κ3) is 6.97. The quantitative estimate of drug-likeness (QED) is 0.505. The molecule has 0 aliphatic heterocycles. The predicted octanol–water partition coefficient (Wildman–Crippen LogP) is 5.44. The van der Waals surface area contributed by atoms with Gasteiger partial charge < -0.3 is 10.2 Å². The first kappa shape index (κ1) is 23.6. The lowest BCUT2D eigenvalue weighted by Crippen LogP contribution is -2.51. The van der Waals surface area contributed by atoms with Crippen molar-refractivity contribution in [3.05, 3.63) is 64.9 Å². The molecule has 31 heavy (non-hydrogen) atoms. The van der Waals surface area contributed by atoms with Gasteiger partial charge in [-0.25, -0.2) is 4.39 Å². The Morgan fingerprint density at radius 2 is 1.77 bits per heavy atom. The molecule has 0 radical (unpaired) electrons. The standard InChI is InChI=1S/C24H28ClFN2O2S/c1-2-22(24(30)27-20-5-3-4-6-20)28(15-17-7-11-19(26)12-8-17)23(29)16-31-21-13-9-18(25)10-14-21/h7-14,20,22H,2-6,15-16H2,1H3,(H,27,30). The number of nitrogens with one attached hydrogen (secondary N) is 1. The largest absolute Gasteiger partial charge is 0.352 e. The number of nitrogens with zero attached hydrogens (tertiary/aromatic N) is 1. The second-order valence-corrected chi connectivity index (χ2v) is 9.29. The molecule has 2 aromatic carbocycles. The molecule has 1 atom stereocenters. The second-order valence-electron chi connectivity index (χ2n) is 7.80. The first-order valence-electron chi connectivity index (χ1n) is 10.7. The average Bonchev–Trinajstić information content (AvgIpc) is 3.27. The zero-order valence-electron chi connectivity index (χ0n) is 17.7. The fourth-order valence-corrected chi connectivity index (χ4v) is 4.74. The molecule has 0 bridgehead atoms. The summed E-state index contributed by atoms with van der Waals surface area (Å²) >= 11 is 7.35. The number of carbonyl (C=O) groups excluding carboxylic acids is 2. The molecule has 0 heterocycles. The van der Waals surface area contributed by atoms with Crippen LogP contribution in [-0.2, 0) is 16.1 Å². The van der Waals surface area contributed by atoms with E-state index >= 15 is 0 Å². The lowest BCUT2D eigenvalue weighted by molar-refractivity contribution is -0.139. The van der Waals surface area contributed by atoms with E-state index in [-0.39, 0.29) is 36.0 Å². The molecule has 4 nitrogen and oxygen atoms in total. The molecule has 2 aromatic rings. The highest BCUT2D eigenvalue weighted by Gasteiger charge is 2.30. The van der Waals surface area contributed by atoms with Crippen molar-refractivity contribution in [3.63, 3.8) is 0 Å².